The maximum Gasteiger partial charge on any atom is 0.270 e. The van der Waals surface area contributed by atoms with E-state index in [-0.39, 0.29) is 11.8 Å². The summed E-state index contributed by atoms with van der Waals surface area (Å²) < 4.78 is 0. The Labute approximate surface area is 160 Å². The molecule has 1 aliphatic heterocycles. The maximum atomic E-state index is 13.0. The first-order valence-corrected chi connectivity index (χ1v) is 10.2. The van der Waals surface area contributed by atoms with Gasteiger partial charge in [0.25, 0.3) is 5.91 Å². The van der Waals surface area contributed by atoms with Gasteiger partial charge in [0.2, 0.25) is 5.91 Å². The molecular weight excluding hydrogens is 338 g/mol. The Morgan fingerprint density at radius 1 is 1.15 bits per heavy atom. The fourth-order valence-electron chi connectivity index (χ4n) is 4.10. The van der Waals surface area contributed by atoms with Gasteiger partial charge in [-0.1, -0.05) is 11.6 Å². The first-order valence-electron chi connectivity index (χ1n) is 10.2. The van der Waals surface area contributed by atoms with Crippen LogP contribution in [0.2, 0.25) is 0 Å². The van der Waals surface area contributed by atoms with E-state index in [0.29, 0.717) is 18.4 Å². The Kier molecular flexibility index (Phi) is 4.94. The number of hydrogen-bond acceptors (Lipinski definition) is 2. The SMILES string of the molecule is Cc1ccc2[nH]c(C(=O)N3CCC(CCC(=O)NC4CC4)CC3)c(C)c2c1. The van der Waals surface area contributed by atoms with Crippen LogP contribution >= 0.6 is 0 Å². The van der Waals surface area contributed by atoms with Crippen molar-refractivity contribution in [3.63, 3.8) is 0 Å². The van der Waals surface area contributed by atoms with Gasteiger partial charge in [-0.3, -0.25) is 9.59 Å². The Morgan fingerprint density at radius 3 is 2.59 bits per heavy atom. The molecule has 5 nitrogen and oxygen atoms in total. The summed E-state index contributed by atoms with van der Waals surface area (Å²) >= 11 is 0. The van der Waals surface area contributed by atoms with Gasteiger partial charge in [-0.05, 0) is 69.6 Å². The highest BCUT2D eigenvalue weighted by Gasteiger charge is 2.27. The molecule has 0 radical (unpaired) electrons. The Morgan fingerprint density at radius 2 is 1.89 bits per heavy atom. The van der Waals surface area contributed by atoms with Gasteiger partial charge in [0.1, 0.15) is 5.69 Å². The lowest BCUT2D eigenvalue weighted by molar-refractivity contribution is -0.121. The van der Waals surface area contributed by atoms with Crippen LogP contribution in [0.3, 0.4) is 0 Å². The molecule has 2 heterocycles. The average molecular weight is 367 g/mol. The molecule has 2 N–H and O–H groups in total. The minimum absolute atomic E-state index is 0.103. The standard InChI is InChI=1S/C22H29N3O2/c1-14-3-7-19-18(13-14)15(2)21(24-19)22(27)25-11-9-16(10-12-25)4-8-20(26)23-17-5-6-17/h3,7,13,16-17,24H,4-6,8-12H2,1-2H3,(H,23,26). The molecule has 1 saturated heterocycles. The fraction of sp³-hybridized carbons (Fsp3) is 0.545. The summed E-state index contributed by atoms with van der Waals surface area (Å²) in [6, 6.07) is 6.70. The molecule has 0 atom stereocenters. The van der Waals surface area contributed by atoms with E-state index in [2.05, 4.69) is 29.4 Å². The number of carbonyl (C=O) groups is 2. The zero-order valence-corrected chi connectivity index (χ0v) is 16.3. The van der Waals surface area contributed by atoms with Gasteiger partial charge in [0, 0.05) is 36.5 Å². The smallest absolute Gasteiger partial charge is 0.270 e. The molecule has 2 aliphatic rings. The van der Waals surface area contributed by atoms with E-state index in [4.69, 9.17) is 0 Å². The van der Waals surface area contributed by atoms with Crippen LogP contribution in [0.1, 0.15) is 60.1 Å². The van der Waals surface area contributed by atoms with Gasteiger partial charge >= 0.3 is 0 Å². The van der Waals surface area contributed by atoms with E-state index >= 15 is 0 Å². The zero-order chi connectivity index (χ0) is 19.0. The predicted molar refractivity (Wildman–Crippen MR) is 107 cm³/mol. The lowest BCUT2D eigenvalue weighted by Gasteiger charge is -2.32. The zero-order valence-electron chi connectivity index (χ0n) is 16.3. The highest BCUT2D eigenvalue weighted by Crippen LogP contribution is 2.27. The number of rotatable bonds is 5. The molecule has 5 heteroatoms. The number of piperidine rings is 1. The van der Waals surface area contributed by atoms with Gasteiger partial charge in [-0.15, -0.1) is 0 Å². The normalized spacial score (nSPS) is 18.1. The van der Waals surface area contributed by atoms with E-state index in [0.717, 1.165) is 67.4 Å². The number of H-pyrrole nitrogens is 1. The first-order chi connectivity index (χ1) is 13.0. The second kappa shape index (κ2) is 7.37. The molecule has 0 spiro atoms. The van der Waals surface area contributed by atoms with E-state index in [1.165, 1.54) is 5.56 Å². The first kappa shape index (κ1) is 18.1. The number of aromatic nitrogens is 1. The highest BCUT2D eigenvalue weighted by atomic mass is 16.2. The second-order valence-corrected chi connectivity index (χ2v) is 8.29. The third kappa shape index (κ3) is 4.02. The number of aromatic amines is 1. The number of hydrogen-bond donors (Lipinski definition) is 2. The van der Waals surface area contributed by atoms with Crippen LogP contribution in [-0.2, 0) is 4.79 Å². The maximum absolute atomic E-state index is 13.0. The summed E-state index contributed by atoms with van der Waals surface area (Å²) in [6.07, 6.45) is 5.81. The van der Waals surface area contributed by atoms with Crippen LogP contribution in [0.4, 0.5) is 0 Å². The average Bonchev–Trinajstić information content (AvgIpc) is 3.42. The third-order valence-corrected chi connectivity index (χ3v) is 6.05. The molecule has 1 aromatic heterocycles. The second-order valence-electron chi connectivity index (χ2n) is 8.29. The van der Waals surface area contributed by atoms with Crippen LogP contribution in [-0.4, -0.2) is 40.8 Å². The van der Waals surface area contributed by atoms with E-state index in [1.807, 2.05) is 17.9 Å². The predicted octanol–water partition coefficient (Wildman–Crippen LogP) is 3.70. The molecule has 2 fully saturated rings. The highest BCUT2D eigenvalue weighted by molar-refractivity contribution is 6.01. The molecule has 4 rings (SSSR count). The lowest BCUT2D eigenvalue weighted by atomic mass is 9.92. The van der Waals surface area contributed by atoms with Crippen molar-refractivity contribution in [2.45, 2.75) is 58.4 Å². The van der Waals surface area contributed by atoms with Gasteiger partial charge in [0.15, 0.2) is 0 Å². The van der Waals surface area contributed by atoms with E-state index in [1.54, 1.807) is 0 Å². The fourth-order valence-corrected chi connectivity index (χ4v) is 4.10. The topological polar surface area (TPSA) is 65.2 Å². The number of amides is 2. The van der Waals surface area contributed by atoms with Crippen molar-refractivity contribution < 1.29 is 9.59 Å². The van der Waals surface area contributed by atoms with Gasteiger partial charge in [-0.25, -0.2) is 0 Å². The summed E-state index contributed by atoms with van der Waals surface area (Å²) in [4.78, 5) is 30.2. The monoisotopic (exact) mass is 367 g/mol. The van der Waals surface area contributed by atoms with Gasteiger partial charge in [0.05, 0.1) is 0 Å². The van der Waals surface area contributed by atoms with Crippen molar-refractivity contribution in [3.8, 4) is 0 Å². The molecule has 27 heavy (non-hydrogen) atoms. The number of aryl methyl sites for hydroxylation is 2. The van der Waals surface area contributed by atoms with Crippen LogP contribution in [0.25, 0.3) is 10.9 Å². The number of nitrogens with one attached hydrogen (secondary N) is 2. The van der Waals surface area contributed by atoms with Crippen molar-refractivity contribution in [2.24, 2.45) is 5.92 Å². The van der Waals surface area contributed by atoms with Crippen molar-refractivity contribution >= 4 is 22.7 Å². The summed E-state index contributed by atoms with van der Waals surface area (Å²) in [5.41, 5.74) is 3.99. The summed E-state index contributed by atoms with van der Waals surface area (Å²) in [5.74, 6) is 0.844. The number of likely N-dealkylation sites (tertiary alicyclic amines) is 1. The van der Waals surface area contributed by atoms with Crippen molar-refractivity contribution in [3.05, 3.63) is 35.0 Å². The Bertz CT molecular complexity index is 858. The number of carbonyl (C=O) groups excluding carboxylic acids is 2. The summed E-state index contributed by atoms with van der Waals surface area (Å²) in [6.45, 7) is 5.66. The van der Waals surface area contributed by atoms with Gasteiger partial charge in [-0.2, -0.15) is 0 Å². The molecule has 144 valence electrons. The number of fused-ring (bicyclic) bond motifs is 1. The molecule has 1 aromatic carbocycles. The molecule has 1 aliphatic carbocycles. The minimum Gasteiger partial charge on any atom is -0.353 e. The minimum atomic E-state index is 0.103. The van der Waals surface area contributed by atoms with Crippen molar-refractivity contribution in [1.82, 2.24) is 15.2 Å². The molecule has 0 bridgehead atoms. The van der Waals surface area contributed by atoms with Crippen LogP contribution in [0.5, 0.6) is 0 Å². The largest absolute Gasteiger partial charge is 0.353 e. The summed E-state index contributed by atoms with van der Waals surface area (Å²) in [5, 5.41) is 4.19. The van der Waals surface area contributed by atoms with E-state index < -0.39 is 0 Å². The molecule has 1 saturated carbocycles. The molecule has 0 unspecified atom stereocenters. The number of nitrogens with zero attached hydrogens (tertiary/aromatic N) is 1. The lowest BCUT2D eigenvalue weighted by Crippen LogP contribution is -2.39. The van der Waals surface area contributed by atoms with Crippen LogP contribution < -0.4 is 5.32 Å². The number of benzene rings is 1. The van der Waals surface area contributed by atoms with Crippen LogP contribution in [0.15, 0.2) is 18.2 Å². The van der Waals surface area contributed by atoms with E-state index in [9.17, 15) is 9.59 Å². The van der Waals surface area contributed by atoms with Crippen molar-refractivity contribution in [2.75, 3.05) is 13.1 Å². The summed E-state index contributed by atoms with van der Waals surface area (Å²) in [7, 11) is 0. The van der Waals surface area contributed by atoms with Crippen molar-refractivity contribution in [1.29, 1.82) is 0 Å². The molecule has 2 amide bonds. The third-order valence-electron chi connectivity index (χ3n) is 6.05. The quantitative estimate of drug-likeness (QED) is 0.846. The molecule has 2 aromatic rings. The Hall–Kier alpha value is -2.30. The Balaban J connectivity index is 1.33. The van der Waals surface area contributed by atoms with Crippen LogP contribution in [0, 0.1) is 19.8 Å². The molecular formula is C22H29N3O2. The van der Waals surface area contributed by atoms with Gasteiger partial charge < -0.3 is 15.2 Å².